The maximum absolute atomic E-state index is 14.9. The van der Waals surface area contributed by atoms with Crippen molar-refractivity contribution in [3.8, 4) is 11.1 Å². The number of morpholine rings is 1. The number of aryl methyl sites for hydroxylation is 1. The summed E-state index contributed by atoms with van der Waals surface area (Å²) in [5.74, 6) is -0.537. The number of hydrogen-bond donors (Lipinski definition) is 3. The molecule has 3 N–H and O–H groups in total. The number of hydrogen-bond acceptors (Lipinski definition) is 7. The Hall–Kier alpha value is -3.73. The molecule has 37 heavy (non-hydrogen) atoms. The van der Waals surface area contributed by atoms with E-state index in [2.05, 4.69) is 25.2 Å². The molecule has 1 saturated heterocycles. The molecule has 0 amide bonds. The van der Waals surface area contributed by atoms with Crippen LogP contribution in [0.15, 0.2) is 35.5 Å². The Kier molecular flexibility index (Phi) is 5.74. The molecular weight excluding hydrogens is 499 g/mol. The fourth-order valence-corrected chi connectivity index (χ4v) is 5.40. The number of halogens is 2. The van der Waals surface area contributed by atoms with Crippen molar-refractivity contribution in [1.29, 1.82) is 0 Å². The van der Waals surface area contributed by atoms with Crippen LogP contribution in [0.3, 0.4) is 0 Å². The normalized spacial score (nSPS) is 14.2. The fraction of sp³-hybridized carbons (Fsp3) is 0.269. The van der Waals surface area contributed by atoms with Crippen molar-refractivity contribution >= 4 is 55.9 Å². The Bertz CT molecular complexity index is 1760. The lowest BCUT2D eigenvalue weighted by molar-refractivity contribution is 0.123. The number of rotatable bonds is 4. The summed E-state index contributed by atoms with van der Waals surface area (Å²) >= 11 is 6.56. The molecule has 5 heterocycles. The van der Waals surface area contributed by atoms with Crippen molar-refractivity contribution in [3.63, 3.8) is 0 Å². The van der Waals surface area contributed by atoms with Crippen LogP contribution in [0, 0.1) is 5.82 Å². The Balaban J connectivity index is 1.72. The minimum absolute atomic E-state index is 0.00630. The molecule has 1 aliphatic rings. The second kappa shape index (κ2) is 8.98. The molecular formula is C26H24ClFN6O3. The van der Waals surface area contributed by atoms with Crippen LogP contribution in [0.2, 0.25) is 5.02 Å². The number of aromatic nitrogens is 4. The first-order valence-corrected chi connectivity index (χ1v) is 12.2. The van der Waals surface area contributed by atoms with Crippen molar-refractivity contribution in [2.75, 3.05) is 43.6 Å². The van der Waals surface area contributed by atoms with Gasteiger partial charge in [0.2, 0.25) is 0 Å². The highest BCUT2D eigenvalue weighted by molar-refractivity contribution is 6.39. The van der Waals surface area contributed by atoms with Gasteiger partial charge in [-0.05, 0) is 6.07 Å². The largest absolute Gasteiger partial charge is 0.391 e. The molecule has 0 atom stereocenters. The molecule has 6 rings (SSSR count). The van der Waals surface area contributed by atoms with E-state index in [1.54, 1.807) is 43.3 Å². The van der Waals surface area contributed by atoms with Gasteiger partial charge in [0.1, 0.15) is 17.1 Å². The van der Waals surface area contributed by atoms with Crippen molar-refractivity contribution in [2.24, 2.45) is 7.05 Å². The van der Waals surface area contributed by atoms with Gasteiger partial charge in [0, 0.05) is 73.9 Å². The van der Waals surface area contributed by atoms with Crippen molar-refractivity contribution < 1.29 is 14.2 Å². The zero-order chi connectivity index (χ0) is 25.8. The van der Waals surface area contributed by atoms with Gasteiger partial charge in [0.25, 0.3) is 0 Å². The van der Waals surface area contributed by atoms with E-state index in [9.17, 15) is 14.3 Å². The van der Waals surface area contributed by atoms with Gasteiger partial charge >= 0.3 is 0 Å². The van der Waals surface area contributed by atoms with Crippen LogP contribution in [0.5, 0.6) is 0 Å². The topological polar surface area (TPSA) is 108 Å². The van der Waals surface area contributed by atoms with Crippen molar-refractivity contribution in [1.82, 2.24) is 19.5 Å². The third-order valence-corrected chi connectivity index (χ3v) is 7.30. The number of nitrogens with one attached hydrogen (secondary N) is 2. The summed E-state index contributed by atoms with van der Waals surface area (Å²) in [6.45, 7) is 1.92. The van der Waals surface area contributed by atoms with Crippen LogP contribution in [0.25, 0.3) is 44.1 Å². The molecule has 11 heteroatoms. The Morgan fingerprint density at radius 3 is 2.73 bits per heavy atom. The summed E-state index contributed by atoms with van der Waals surface area (Å²) < 4.78 is 22.2. The predicted octanol–water partition coefficient (Wildman–Crippen LogP) is 3.79. The number of anilines is 2. The SMILES string of the molecule is CNc1cc(F)c(Cl)c2c1[nH]c1ncc(-c3cnc4c(c3)c(=O)c(CO)cn4C)c(N3CCOCC3)c12. The van der Waals surface area contributed by atoms with Crippen molar-refractivity contribution in [2.45, 2.75) is 6.61 Å². The summed E-state index contributed by atoms with van der Waals surface area (Å²) in [6.07, 6.45) is 5.02. The molecule has 1 aromatic carbocycles. The quantitative estimate of drug-likeness (QED) is 0.329. The average Bonchev–Trinajstić information content (AvgIpc) is 3.32. The van der Waals surface area contributed by atoms with Gasteiger partial charge < -0.3 is 29.6 Å². The lowest BCUT2D eigenvalue weighted by Crippen LogP contribution is -2.36. The summed E-state index contributed by atoms with van der Waals surface area (Å²) in [6, 6.07) is 3.13. The molecule has 0 radical (unpaired) electrons. The first-order valence-electron chi connectivity index (χ1n) is 11.8. The molecule has 0 saturated carbocycles. The highest BCUT2D eigenvalue weighted by Crippen LogP contribution is 2.45. The molecule has 9 nitrogen and oxygen atoms in total. The number of aliphatic hydroxyl groups excluding tert-OH is 1. The maximum Gasteiger partial charge on any atom is 0.196 e. The van der Waals surface area contributed by atoms with E-state index in [1.165, 1.54) is 6.07 Å². The molecule has 190 valence electrons. The van der Waals surface area contributed by atoms with Crippen LogP contribution in [-0.2, 0) is 18.4 Å². The third kappa shape index (κ3) is 3.63. The van der Waals surface area contributed by atoms with Crippen molar-refractivity contribution in [3.05, 3.63) is 57.3 Å². The molecule has 0 spiro atoms. The van der Waals surface area contributed by atoms with E-state index in [0.29, 0.717) is 70.5 Å². The van der Waals surface area contributed by atoms with Gasteiger partial charge in [0.05, 0.1) is 52.5 Å². The van der Waals surface area contributed by atoms with E-state index in [0.717, 1.165) is 11.3 Å². The number of fused-ring (bicyclic) bond motifs is 4. The van der Waals surface area contributed by atoms with Crippen LogP contribution in [-0.4, -0.2) is 58.0 Å². The van der Waals surface area contributed by atoms with Gasteiger partial charge in [0.15, 0.2) is 5.43 Å². The first kappa shape index (κ1) is 23.7. The molecule has 1 fully saturated rings. The van der Waals surface area contributed by atoms with Gasteiger partial charge in [-0.15, -0.1) is 0 Å². The minimum atomic E-state index is -0.537. The first-order chi connectivity index (χ1) is 17.9. The number of aromatic amines is 1. The Morgan fingerprint density at radius 2 is 2.00 bits per heavy atom. The smallest absolute Gasteiger partial charge is 0.196 e. The zero-order valence-electron chi connectivity index (χ0n) is 20.2. The molecule has 1 aliphatic heterocycles. The van der Waals surface area contributed by atoms with Gasteiger partial charge in [-0.3, -0.25) is 4.79 Å². The number of benzene rings is 1. The van der Waals surface area contributed by atoms with Crippen LogP contribution in [0.1, 0.15) is 5.56 Å². The van der Waals surface area contributed by atoms with Gasteiger partial charge in [-0.25, -0.2) is 14.4 Å². The zero-order valence-corrected chi connectivity index (χ0v) is 21.0. The maximum atomic E-state index is 14.9. The van der Waals surface area contributed by atoms with Gasteiger partial charge in [-0.1, -0.05) is 11.6 Å². The average molecular weight is 523 g/mol. The Labute approximate surface area is 215 Å². The van der Waals surface area contributed by atoms with E-state index in [-0.39, 0.29) is 22.6 Å². The second-order valence-electron chi connectivity index (χ2n) is 9.04. The van der Waals surface area contributed by atoms with E-state index >= 15 is 0 Å². The van der Waals surface area contributed by atoms with Crippen LogP contribution >= 0.6 is 11.6 Å². The molecule has 0 unspecified atom stereocenters. The molecule has 0 aliphatic carbocycles. The standard InChI is InChI=1S/C26H24ClFN6O3/c1-29-18-8-17(28)21(27)19-20-23(34-3-5-37-6-4-34)16(10-30-25(20)32-22(18)19)13-7-15-24(36)14(12-35)11-33(2)26(15)31-9-13/h7-11,29,35H,3-6,12H2,1-2H3,(H,30,32). The molecule has 0 bridgehead atoms. The molecule has 5 aromatic rings. The van der Waals surface area contributed by atoms with E-state index < -0.39 is 5.82 Å². The monoisotopic (exact) mass is 522 g/mol. The van der Waals surface area contributed by atoms with Crippen LogP contribution in [0.4, 0.5) is 15.8 Å². The summed E-state index contributed by atoms with van der Waals surface area (Å²) in [7, 11) is 3.50. The van der Waals surface area contributed by atoms with E-state index in [1.807, 2.05) is 0 Å². The fourth-order valence-electron chi connectivity index (χ4n) is 5.16. The lowest BCUT2D eigenvalue weighted by Gasteiger charge is -2.31. The van der Waals surface area contributed by atoms with E-state index in [4.69, 9.17) is 16.3 Å². The number of nitrogens with zero attached hydrogens (tertiary/aromatic N) is 4. The minimum Gasteiger partial charge on any atom is -0.391 e. The third-order valence-electron chi connectivity index (χ3n) is 6.93. The number of aliphatic hydroxyl groups is 1. The number of H-pyrrole nitrogens is 1. The summed E-state index contributed by atoms with van der Waals surface area (Å²) in [4.78, 5) is 27.8. The number of ether oxygens (including phenoxy) is 1. The summed E-state index contributed by atoms with van der Waals surface area (Å²) in [5, 5.41) is 14.3. The lowest BCUT2D eigenvalue weighted by atomic mass is 10.0. The van der Waals surface area contributed by atoms with Crippen LogP contribution < -0.4 is 15.6 Å². The highest BCUT2D eigenvalue weighted by atomic mass is 35.5. The molecule has 4 aromatic heterocycles. The van der Waals surface area contributed by atoms with Gasteiger partial charge in [-0.2, -0.15) is 0 Å². The highest BCUT2D eigenvalue weighted by Gasteiger charge is 2.26. The summed E-state index contributed by atoms with van der Waals surface area (Å²) in [5.41, 5.74) is 4.51. The second-order valence-corrected chi connectivity index (χ2v) is 9.41. The predicted molar refractivity (Wildman–Crippen MR) is 143 cm³/mol. The number of pyridine rings is 3. The Morgan fingerprint density at radius 1 is 1.22 bits per heavy atom.